The van der Waals surface area contributed by atoms with Crippen molar-refractivity contribution in [2.45, 2.75) is 19.8 Å². The number of nitrogens with one attached hydrogen (secondary N) is 1. The molecule has 0 radical (unpaired) electrons. The van der Waals surface area contributed by atoms with Crippen LogP contribution < -0.4 is 11.1 Å². The van der Waals surface area contributed by atoms with Gasteiger partial charge in [-0.2, -0.15) is 0 Å². The summed E-state index contributed by atoms with van der Waals surface area (Å²) in [6.45, 7) is 2.88. The highest BCUT2D eigenvalue weighted by molar-refractivity contribution is 5.93. The van der Waals surface area contributed by atoms with Gasteiger partial charge in [0, 0.05) is 12.2 Å². The fourth-order valence-electron chi connectivity index (χ4n) is 1.23. The molecule has 0 heterocycles. The van der Waals surface area contributed by atoms with Crippen molar-refractivity contribution in [2.24, 2.45) is 5.73 Å². The lowest BCUT2D eigenvalue weighted by Crippen LogP contribution is -2.13. The van der Waals surface area contributed by atoms with Crippen molar-refractivity contribution in [2.75, 3.05) is 11.9 Å². The Morgan fingerprint density at radius 1 is 1.53 bits per heavy atom. The van der Waals surface area contributed by atoms with E-state index in [0.717, 1.165) is 19.4 Å². The number of carbonyl (C=O) groups is 1. The second-order valence-electron chi connectivity index (χ2n) is 3.34. The Bertz CT molecular complexity index is 352. The summed E-state index contributed by atoms with van der Waals surface area (Å²) in [4.78, 5) is 10.8. The molecule has 0 atom stereocenters. The highest BCUT2D eigenvalue weighted by Crippen LogP contribution is 2.14. The van der Waals surface area contributed by atoms with Gasteiger partial charge in [-0.3, -0.25) is 4.79 Å². The number of anilines is 1. The second-order valence-corrected chi connectivity index (χ2v) is 3.34. The Morgan fingerprint density at radius 2 is 2.27 bits per heavy atom. The molecule has 0 saturated carbocycles. The first-order valence-electron chi connectivity index (χ1n) is 4.98. The lowest BCUT2D eigenvalue weighted by molar-refractivity contribution is 0.0996. The van der Waals surface area contributed by atoms with Crippen molar-refractivity contribution in [3.8, 4) is 0 Å². The first-order valence-corrected chi connectivity index (χ1v) is 4.98. The minimum Gasteiger partial charge on any atom is -0.385 e. The number of carbonyl (C=O) groups excluding carboxylic acids is 1. The van der Waals surface area contributed by atoms with Crippen LogP contribution in [0.3, 0.4) is 0 Å². The van der Waals surface area contributed by atoms with Crippen molar-refractivity contribution in [1.82, 2.24) is 0 Å². The summed E-state index contributed by atoms with van der Waals surface area (Å²) >= 11 is 0. The molecule has 1 amide bonds. The fraction of sp³-hybridized carbons (Fsp3) is 0.364. The zero-order valence-corrected chi connectivity index (χ0v) is 8.72. The summed E-state index contributed by atoms with van der Waals surface area (Å²) in [5, 5.41) is 3.06. The van der Waals surface area contributed by atoms with Crippen molar-refractivity contribution in [3.63, 3.8) is 0 Å². The molecule has 1 aromatic rings. The van der Waals surface area contributed by atoms with Crippen LogP contribution in [0.1, 0.15) is 30.1 Å². The molecule has 1 rings (SSSR count). The molecule has 0 aliphatic carbocycles. The Labute approximate surface area is 88.5 Å². The van der Waals surface area contributed by atoms with Crippen LogP contribution in [-0.2, 0) is 0 Å². The van der Waals surface area contributed by atoms with E-state index in [0.29, 0.717) is 5.69 Å². The van der Waals surface area contributed by atoms with Gasteiger partial charge in [0.1, 0.15) is 5.82 Å². The lowest BCUT2D eigenvalue weighted by Gasteiger charge is -2.06. The maximum atomic E-state index is 13.3. The van der Waals surface area contributed by atoms with Crippen LogP contribution in [0.4, 0.5) is 10.1 Å². The summed E-state index contributed by atoms with van der Waals surface area (Å²) in [5.41, 5.74) is 5.59. The van der Waals surface area contributed by atoms with Crippen molar-refractivity contribution < 1.29 is 9.18 Å². The van der Waals surface area contributed by atoms with E-state index in [1.807, 2.05) is 0 Å². The van der Waals surface area contributed by atoms with Gasteiger partial charge in [-0.1, -0.05) is 13.3 Å². The first-order chi connectivity index (χ1) is 7.15. The molecule has 1 aromatic carbocycles. The van der Waals surface area contributed by atoms with Gasteiger partial charge in [0.15, 0.2) is 0 Å². The van der Waals surface area contributed by atoms with Gasteiger partial charge in [0.25, 0.3) is 5.91 Å². The van der Waals surface area contributed by atoms with Crippen LogP contribution in [-0.4, -0.2) is 12.5 Å². The van der Waals surface area contributed by atoms with E-state index in [1.165, 1.54) is 12.1 Å². The topological polar surface area (TPSA) is 55.1 Å². The van der Waals surface area contributed by atoms with Gasteiger partial charge < -0.3 is 11.1 Å². The zero-order valence-electron chi connectivity index (χ0n) is 8.72. The SMILES string of the molecule is CCCCNc1ccc(C(N)=O)c(F)c1. The van der Waals surface area contributed by atoms with Crippen LogP contribution >= 0.6 is 0 Å². The molecule has 0 spiro atoms. The molecular formula is C11H15FN2O. The molecule has 0 aliphatic heterocycles. The van der Waals surface area contributed by atoms with Gasteiger partial charge in [-0.25, -0.2) is 4.39 Å². The molecule has 0 aliphatic rings. The number of benzene rings is 1. The molecule has 0 unspecified atom stereocenters. The quantitative estimate of drug-likeness (QED) is 0.731. The van der Waals surface area contributed by atoms with Gasteiger partial charge in [0.2, 0.25) is 0 Å². The molecule has 82 valence electrons. The van der Waals surface area contributed by atoms with E-state index in [4.69, 9.17) is 5.73 Å². The number of rotatable bonds is 5. The minimum absolute atomic E-state index is 0.0731. The van der Waals surface area contributed by atoms with E-state index in [2.05, 4.69) is 12.2 Å². The molecule has 3 nitrogen and oxygen atoms in total. The Hall–Kier alpha value is -1.58. The third-order valence-corrected chi connectivity index (χ3v) is 2.09. The monoisotopic (exact) mass is 210 g/mol. The normalized spacial score (nSPS) is 10.0. The standard InChI is InChI=1S/C11H15FN2O/c1-2-3-6-14-8-4-5-9(11(13)15)10(12)7-8/h4-5,7,14H,2-3,6H2,1H3,(H2,13,15). The van der Waals surface area contributed by atoms with Crippen molar-refractivity contribution in [1.29, 1.82) is 0 Å². The summed E-state index contributed by atoms with van der Waals surface area (Å²) in [6.07, 6.45) is 2.11. The van der Waals surface area contributed by atoms with E-state index in [1.54, 1.807) is 6.07 Å². The Kier molecular flexibility index (Phi) is 4.09. The zero-order chi connectivity index (χ0) is 11.3. The summed E-state index contributed by atoms with van der Waals surface area (Å²) in [7, 11) is 0. The predicted molar refractivity (Wildman–Crippen MR) is 58.3 cm³/mol. The molecule has 0 aromatic heterocycles. The number of nitrogens with two attached hydrogens (primary N) is 1. The van der Waals surface area contributed by atoms with Crippen LogP contribution in [0.25, 0.3) is 0 Å². The summed E-state index contributed by atoms with van der Waals surface area (Å²) in [5.74, 6) is -1.32. The van der Waals surface area contributed by atoms with Crippen molar-refractivity contribution >= 4 is 11.6 Å². The molecular weight excluding hydrogens is 195 g/mol. The van der Waals surface area contributed by atoms with Gasteiger partial charge >= 0.3 is 0 Å². The second kappa shape index (κ2) is 5.34. The third kappa shape index (κ3) is 3.23. The fourth-order valence-corrected chi connectivity index (χ4v) is 1.23. The number of halogens is 1. The van der Waals surface area contributed by atoms with E-state index >= 15 is 0 Å². The van der Waals surface area contributed by atoms with Gasteiger partial charge in [0.05, 0.1) is 5.56 Å². The number of unbranched alkanes of at least 4 members (excludes halogenated alkanes) is 1. The maximum Gasteiger partial charge on any atom is 0.251 e. The predicted octanol–water partition coefficient (Wildman–Crippen LogP) is 2.14. The van der Waals surface area contributed by atoms with E-state index in [9.17, 15) is 9.18 Å². The molecule has 15 heavy (non-hydrogen) atoms. The molecule has 0 bridgehead atoms. The Morgan fingerprint density at radius 3 is 2.80 bits per heavy atom. The van der Waals surface area contributed by atoms with Gasteiger partial charge in [-0.05, 0) is 24.6 Å². The minimum atomic E-state index is -0.743. The highest BCUT2D eigenvalue weighted by atomic mass is 19.1. The molecule has 3 N–H and O–H groups in total. The third-order valence-electron chi connectivity index (χ3n) is 2.09. The number of primary amides is 1. The van der Waals surface area contributed by atoms with Crippen LogP contribution in [0.15, 0.2) is 18.2 Å². The van der Waals surface area contributed by atoms with Crippen molar-refractivity contribution in [3.05, 3.63) is 29.6 Å². The Balaban J connectivity index is 2.69. The van der Waals surface area contributed by atoms with Crippen LogP contribution in [0.2, 0.25) is 0 Å². The molecule has 4 heteroatoms. The molecule has 0 saturated heterocycles. The highest BCUT2D eigenvalue weighted by Gasteiger charge is 2.07. The van der Waals surface area contributed by atoms with E-state index in [-0.39, 0.29) is 5.56 Å². The summed E-state index contributed by atoms with van der Waals surface area (Å²) < 4.78 is 13.3. The summed E-state index contributed by atoms with van der Waals surface area (Å²) in [6, 6.07) is 4.33. The van der Waals surface area contributed by atoms with Crippen LogP contribution in [0, 0.1) is 5.82 Å². The smallest absolute Gasteiger partial charge is 0.251 e. The average molecular weight is 210 g/mol. The number of amides is 1. The van der Waals surface area contributed by atoms with E-state index < -0.39 is 11.7 Å². The lowest BCUT2D eigenvalue weighted by atomic mass is 10.2. The number of hydrogen-bond donors (Lipinski definition) is 2. The maximum absolute atomic E-state index is 13.3. The number of hydrogen-bond acceptors (Lipinski definition) is 2. The largest absolute Gasteiger partial charge is 0.385 e. The molecule has 0 fully saturated rings. The average Bonchev–Trinajstić information content (AvgIpc) is 2.17. The van der Waals surface area contributed by atoms with Gasteiger partial charge in [-0.15, -0.1) is 0 Å². The first kappa shape index (κ1) is 11.5. The van der Waals surface area contributed by atoms with Crippen LogP contribution in [0.5, 0.6) is 0 Å².